The second-order valence-electron chi connectivity index (χ2n) is 4.94. The molecule has 0 aliphatic heterocycles. The Kier molecular flexibility index (Phi) is 5.48. The molecule has 0 saturated heterocycles. The van der Waals surface area contributed by atoms with Crippen molar-refractivity contribution in [2.45, 2.75) is 59.7 Å². The zero-order valence-electron chi connectivity index (χ0n) is 11.7. The van der Waals surface area contributed by atoms with Crippen LogP contribution in [0.2, 0.25) is 0 Å². The van der Waals surface area contributed by atoms with Crippen molar-refractivity contribution in [2.24, 2.45) is 0 Å². The van der Waals surface area contributed by atoms with Gasteiger partial charge in [0.1, 0.15) is 6.26 Å². The Bertz CT molecular complexity index is 320. The molecule has 0 spiro atoms. The summed E-state index contributed by atoms with van der Waals surface area (Å²) in [6.07, 6.45) is 2.84. The SMILES string of the molecule is CCCN(c1nc(CNC(C)C)co1)C(C)C. The molecule has 0 amide bonds. The monoisotopic (exact) mass is 239 g/mol. The van der Waals surface area contributed by atoms with E-state index in [9.17, 15) is 0 Å². The molecule has 1 rings (SSSR count). The third kappa shape index (κ3) is 4.38. The first-order valence-corrected chi connectivity index (χ1v) is 6.49. The van der Waals surface area contributed by atoms with E-state index in [0.717, 1.165) is 31.2 Å². The molecule has 0 radical (unpaired) electrons. The molecule has 0 unspecified atom stereocenters. The summed E-state index contributed by atoms with van der Waals surface area (Å²) in [6.45, 7) is 12.5. The van der Waals surface area contributed by atoms with Crippen LogP contribution >= 0.6 is 0 Å². The molecule has 0 fully saturated rings. The zero-order valence-corrected chi connectivity index (χ0v) is 11.7. The molecule has 1 N–H and O–H groups in total. The molecule has 0 bridgehead atoms. The van der Waals surface area contributed by atoms with E-state index in [4.69, 9.17) is 4.42 Å². The van der Waals surface area contributed by atoms with Gasteiger partial charge in [-0.05, 0) is 20.3 Å². The summed E-state index contributed by atoms with van der Waals surface area (Å²) in [7, 11) is 0. The van der Waals surface area contributed by atoms with Gasteiger partial charge in [-0.2, -0.15) is 4.98 Å². The van der Waals surface area contributed by atoms with Crippen molar-refractivity contribution in [3.05, 3.63) is 12.0 Å². The average Bonchev–Trinajstić information content (AvgIpc) is 2.71. The molecule has 17 heavy (non-hydrogen) atoms. The van der Waals surface area contributed by atoms with E-state index in [1.54, 1.807) is 6.26 Å². The number of nitrogens with zero attached hydrogens (tertiary/aromatic N) is 2. The van der Waals surface area contributed by atoms with E-state index in [1.807, 2.05) is 0 Å². The average molecular weight is 239 g/mol. The highest BCUT2D eigenvalue weighted by atomic mass is 16.4. The molecule has 0 atom stereocenters. The standard InChI is InChI=1S/C13H25N3O/c1-6-7-16(11(4)5)13-15-12(9-17-13)8-14-10(2)3/h9-11,14H,6-8H2,1-5H3. The molecule has 1 heterocycles. The number of hydrogen-bond donors (Lipinski definition) is 1. The van der Waals surface area contributed by atoms with E-state index in [-0.39, 0.29) is 0 Å². The van der Waals surface area contributed by atoms with Gasteiger partial charge >= 0.3 is 0 Å². The summed E-state index contributed by atoms with van der Waals surface area (Å²) >= 11 is 0. The van der Waals surface area contributed by atoms with E-state index in [1.165, 1.54) is 0 Å². The van der Waals surface area contributed by atoms with Crippen molar-refractivity contribution in [1.29, 1.82) is 0 Å². The van der Waals surface area contributed by atoms with Gasteiger partial charge in [0.25, 0.3) is 6.01 Å². The lowest BCUT2D eigenvalue weighted by atomic mass is 10.3. The first kappa shape index (κ1) is 14.0. The van der Waals surface area contributed by atoms with Gasteiger partial charge < -0.3 is 14.6 Å². The summed E-state index contributed by atoms with van der Waals surface area (Å²) in [5, 5.41) is 3.33. The Labute approximate surface area is 104 Å². The largest absolute Gasteiger partial charge is 0.432 e. The van der Waals surface area contributed by atoms with Crippen LogP contribution in [0.3, 0.4) is 0 Å². The van der Waals surface area contributed by atoms with Crippen LogP contribution in [-0.2, 0) is 6.54 Å². The van der Waals surface area contributed by atoms with Gasteiger partial charge in [0.05, 0.1) is 5.69 Å². The second kappa shape index (κ2) is 6.64. The lowest BCUT2D eigenvalue weighted by Gasteiger charge is -2.23. The van der Waals surface area contributed by atoms with E-state index < -0.39 is 0 Å². The van der Waals surface area contributed by atoms with Gasteiger partial charge in [0.15, 0.2) is 0 Å². The number of anilines is 1. The molecule has 0 aromatic carbocycles. The van der Waals surface area contributed by atoms with E-state index in [0.29, 0.717) is 12.1 Å². The molecular formula is C13H25N3O. The van der Waals surface area contributed by atoms with Crippen LogP contribution in [0.5, 0.6) is 0 Å². The van der Waals surface area contributed by atoms with Gasteiger partial charge in [-0.25, -0.2) is 0 Å². The van der Waals surface area contributed by atoms with E-state index >= 15 is 0 Å². The third-order valence-corrected chi connectivity index (χ3v) is 2.56. The number of aromatic nitrogens is 1. The van der Waals surface area contributed by atoms with Crippen molar-refractivity contribution >= 4 is 6.01 Å². The maximum atomic E-state index is 5.55. The van der Waals surface area contributed by atoms with Crippen LogP contribution in [0, 0.1) is 0 Å². The molecule has 1 aromatic heterocycles. The zero-order chi connectivity index (χ0) is 12.8. The number of oxazole rings is 1. The highest BCUT2D eigenvalue weighted by Gasteiger charge is 2.15. The topological polar surface area (TPSA) is 41.3 Å². The molecule has 0 saturated carbocycles. The molecule has 4 nitrogen and oxygen atoms in total. The van der Waals surface area contributed by atoms with Gasteiger partial charge in [-0.3, -0.25) is 0 Å². The van der Waals surface area contributed by atoms with Crippen LogP contribution in [0.4, 0.5) is 6.01 Å². The molecular weight excluding hydrogens is 214 g/mol. The Hall–Kier alpha value is -1.03. The Morgan fingerprint density at radius 1 is 1.35 bits per heavy atom. The van der Waals surface area contributed by atoms with Crippen molar-refractivity contribution in [1.82, 2.24) is 10.3 Å². The molecule has 1 aromatic rings. The summed E-state index contributed by atoms with van der Waals surface area (Å²) in [4.78, 5) is 6.71. The van der Waals surface area contributed by atoms with Crippen molar-refractivity contribution < 1.29 is 4.42 Å². The fourth-order valence-electron chi connectivity index (χ4n) is 1.63. The molecule has 98 valence electrons. The van der Waals surface area contributed by atoms with Crippen LogP contribution in [-0.4, -0.2) is 23.6 Å². The lowest BCUT2D eigenvalue weighted by molar-refractivity contribution is 0.508. The predicted octanol–water partition coefficient (Wildman–Crippen LogP) is 2.80. The Morgan fingerprint density at radius 2 is 2.06 bits per heavy atom. The van der Waals surface area contributed by atoms with Crippen molar-refractivity contribution in [3.8, 4) is 0 Å². The van der Waals surface area contributed by atoms with Crippen LogP contribution < -0.4 is 10.2 Å². The van der Waals surface area contributed by atoms with Gasteiger partial charge in [-0.15, -0.1) is 0 Å². The number of nitrogens with one attached hydrogen (secondary N) is 1. The third-order valence-electron chi connectivity index (χ3n) is 2.56. The number of hydrogen-bond acceptors (Lipinski definition) is 4. The highest BCUT2D eigenvalue weighted by Crippen LogP contribution is 2.16. The summed E-state index contributed by atoms with van der Waals surface area (Å²) < 4.78 is 5.55. The maximum absolute atomic E-state index is 5.55. The lowest BCUT2D eigenvalue weighted by Crippen LogP contribution is -2.31. The molecule has 0 aliphatic rings. The van der Waals surface area contributed by atoms with Crippen LogP contribution in [0.1, 0.15) is 46.7 Å². The van der Waals surface area contributed by atoms with Crippen molar-refractivity contribution in [3.63, 3.8) is 0 Å². The first-order chi connectivity index (χ1) is 8.04. The summed E-state index contributed by atoms with van der Waals surface area (Å²) in [5.74, 6) is 0. The quantitative estimate of drug-likeness (QED) is 0.794. The minimum absolute atomic E-state index is 0.416. The smallest absolute Gasteiger partial charge is 0.297 e. The number of rotatable bonds is 7. The Balaban J connectivity index is 2.64. The Morgan fingerprint density at radius 3 is 2.59 bits per heavy atom. The van der Waals surface area contributed by atoms with E-state index in [2.05, 4.69) is 49.8 Å². The summed E-state index contributed by atoms with van der Waals surface area (Å²) in [6, 6.07) is 1.62. The molecule has 0 aliphatic carbocycles. The normalized spacial score (nSPS) is 11.5. The van der Waals surface area contributed by atoms with Gasteiger partial charge in [0, 0.05) is 25.2 Å². The second-order valence-corrected chi connectivity index (χ2v) is 4.94. The fourth-order valence-corrected chi connectivity index (χ4v) is 1.63. The fraction of sp³-hybridized carbons (Fsp3) is 0.769. The van der Waals surface area contributed by atoms with Crippen LogP contribution in [0.15, 0.2) is 10.7 Å². The predicted molar refractivity (Wildman–Crippen MR) is 71.3 cm³/mol. The first-order valence-electron chi connectivity index (χ1n) is 6.49. The van der Waals surface area contributed by atoms with Gasteiger partial charge in [0.2, 0.25) is 0 Å². The van der Waals surface area contributed by atoms with Gasteiger partial charge in [-0.1, -0.05) is 20.8 Å². The summed E-state index contributed by atoms with van der Waals surface area (Å²) in [5.41, 5.74) is 0.968. The maximum Gasteiger partial charge on any atom is 0.297 e. The van der Waals surface area contributed by atoms with Crippen molar-refractivity contribution in [2.75, 3.05) is 11.4 Å². The minimum Gasteiger partial charge on any atom is -0.432 e. The minimum atomic E-state index is 0.416. The van der Waals surface area contributed by atoms with Crippen LogP contribution in [0.25, 0.3) is 0 Å². The highest BCUT2D eigenvalue weighted by molar-refractivity contribution is 5.28. The molecule has 4 heteroatoms.